The lowest BCUT2D eigenvalue weighted by Gasteiger charge is -2.08. The highest BCUT2D eigenvalue weighted by atomic mass is 15.5. The van der Waals surface area contributed by atoms with Gasteiger partial charge >= 0.3 is 0 Å². The largest absolute Gasteiger partial charge is 0.252 e. The predicted octanol–water partition coefficient (Wildman–Crippen LogP) is 1.77. The van der Waals surface area contributed by atoms with Gasteiger partial charge < -0.3 is 0 Å². The lowest BCUT2D eigenvalue weighted by molar-refractivity contribution is 0.306. The fraction of sp³-hybridized carbons (Fsp3) is 0.273. The molecule has 0 aliphatic rings. The second kappa shape index (κ2) is 5.51. The van der Waals surface area contributed by atoms with Gasteiger partial charge in [-0.3, -0.25) is 10.4 Å². The normalized spacial score (nSPS) is 11.3. The number of benzene rings is 1. The monoisotopic (exact) mass is 176 g/mol. The minimum atomic E-state index is 0.863. The van der Waals surface area contributed by atoms with E-state index in [-0.39, 0.29) is 0 Å². The van der Waals surface area contributed by atoms with Crippen molar-refractivity contribution in [3.8, 4) is 0 Å². The minimum absolute atomic E-state index is 0.863. The van der Waals surface area contributed by atoms with E-state index in [9.17, 15) is 0 Å². The first-order chi connectivity index (χ1) is 6.29. The molecule has 13 heavy (non-hydrogen) atoms. The van der Waals surface area contributed by atoms with Gasteiger partial charge in [0.15, 0.2) is 0 Å². The fourth-order valence-electron chi connectivity index (χ4n) is 0.994. The summed E-state index contributed by atoms with van der Waals surface area (Å²) in [5, 5.41) is 1.94. The maximum atomic E-state index is 3.16. The number of nitrogens with one attached hydrogen (secondary N) is 1. The molecule has 0 aliphatic carbocycles. The van der Waals surface area contributed by atoms with Gasteiger partial charge in [0.1, 0.15) is 0 Å². The Morgan fingerprint density at radius 3 is 2.54 bits per heavy atom. The Bertz CT molecular complexity index is 252. The predicted molar refractivity (Wildman–Crippen MR) is 57.2 cm³/mol. The highest BCUT2D eigenvalue weighted by Crippen LogP contribution is 1.99. The van der Waals surface area contributed by atoms with E-state index >= 15 is 0 Å². The Morgan fingerprint density at radius 2 is 1.92 bits per heavy atom. The molecule has 1 aromatic rings. The lowest BCUT2D eigenvalue weighted by Crippen LogP contribution is -2.30. The van der Waals surface area contributed by atoms with Crippen LogP contribution in [0.2, 0.25) is 0 Å². The van der Waals surface area contributed by atoms with Crippen LogP contribution < -0.4 is 5.43 Å². The van der Waals surface area contributed by atoms with E-state index in [1.54, 1.807) is 0 Å². The van der Waals surface area contributed by atoms with Crippen molar-refractivity contribution in [3.05, 3.63) is 42.0 Å². The summed E-state index contributed by atoms with van der Waals surface area (Å²) in [7, 11) is 3.96. The Hall–Kier alpha value is -1.12. The van der Waals surface area contributed by atoms with Gasteiger partial charge in [-0.25, -0.2) is 0 Å². The maximum Gasteiger partial charge on any atom is 0.0286 e. The summed E-state index contributed by atoms with van der Waals surface area (Å²) < 4.78 is 0. The molecule has 2 nitrogen and oxygen atoms in total. The van der Waals surface area contributed by atoms with Crippen molar-refractivity contribution < 1.29 is 0 Å². The summed E-state index contributed by atoms with van der Waals surface area (Å²) in [4.78, 5) is 0. The Balaban J connectivity index is 2.33. The third-order valence-corrected chi connectivity index (χ3v) is 1.64. The first-order valence-corrected chi connectivity index (χ1v) is 4.41. The highest BCUT2D eigenvalue weighted by molar-refractivity contribution is 5.48. The van der Waals surface area contributed by atoms with Crippen molar-refractivity contribution in [1.29, 1.82) is 0 Å². The molecule has 1 rings (SSSR count). The second-order valence-electron chi connectivity index (χ2n) is 3.07. The van der Waals surface area contributed by atoms with Crippen LogP contribution >= 0.6 is 0 Å². The molecule has 0 aromatic heterocycles. The summed E-state index contributed by atoms with van der Waals surface area (Å²) >= 11 is 0. The minimum Gasteiger partial charge on any atom is -0.252 e. The Labute approximate surface area is 79.8 Å². The molecule has 0 aliphatic heterocycles. The quantitative estimate of drug-likeness (QED) is 0.703. The van der Waals surface area contributed by atoms with E-state index in [1.165, 1.54) is 5.56 Å². The smallest absolute Gasteiger partial charge is 0.0286 e. The van der Waals surface area contributed by atoms with E-state index in [4.69, 9.17) is 0 Å². The van der Waals surface area contributed by atoms with Crippen molar-refractivity contribution in [2.75, 3.05) is 20.6 Å². The van der Waals surface area contributed by atoms with Crippen LogP contribution in [0.1, 0.15) is 5.56 Å². The first kappa shape index (κ1) is 9.96. The van der Waals surface area contributed by atoms with E-state index in [1.807, 2.05) is 37.3 Å². The van der Waals surface area contributed by atoms with Gasteiger partial charge in [0.2, 0.25) is 0 Å². The number of hydrogen-bond donors (Lipinski definition) is 1. The van der Waals surface area contributed by atoms with Gasteiger partial charge in [0.05, 0.1) is 0 Å². The zero-order valence-electron chi connectivity index (χ0n) is 8.20. The first-order valence-electron chi connectivity index (χ1n) is 4.41. The van der Waals surface area contributed by atoms with Gasteiger partial charge in [-0.2, -0.15) is 0 Å². The van der Waals surface area contributed by atoms with Gasteiger partial charge in [-0.15, -0.1) is 0 Å². The molecule has 0 radical (unpaired) electrons. The number of nitrogens with zero attached hydrogens (tertiary/aromatic N) is 1. The Morgan fingerprint density at radius 1 is 1.23 bits per heavy atom. The molecule has 0 unspecified atom stereocenters. The molecule has 70 valence electrons. The van der Waals surface area contributed by atoms with Crippen molar-refractivity contribution in [1.82, 2.24) is 10.4 Å². The van der Waals surface area contributed by atoms with Crippen LogP contribution in [0.15, 0.2) is 36.4 Å². The zero-order chi connectivity index (χ0) is 9.52. The number of hydrogen-bond acceptors (Lipinski definition) is 2. The van der Waals surface area contributed by atoms with Crippen molar-refractivity contribution in [2.45, 2.75) is 0 Å². The standard InChI is InChI=1S/C11H16N2/c1-13(2)12-10-6-9-11-7-4-3-5-8-11/h3-9,12H,10H2,1-2H3. The van der Waals surface area contributed by atoms with E-state index in [0.29, 0.717) is 0 Å². The van der Waals surface area contributed by atoms with E-state index in [2.05, 4.69) is 29.7 Å². The highest BCUT2D eigenvalue weighted by Gasteiger charge is 1.83. The van der Waals surface area contributed by atoms with Crippen LogP contribution in [0.4, 0.5) is 0 Å². The van der Waals surface area contributed by atoms with Gasteiger partial charge in [-0.05, 0) is 5.56 Å². The average molecular weight is 176 g/mol. The summed E-state index contributed by atoms with van der Waals surface area (Å²) in [6.45, 7) is 0.863. The summed E-state index contributed by atoms with van der Waals surface area (Å²) in [6, 6.07) is 10.3. The van der Waals surface area contributed by atoms with Crippen molar-refractivity contribution in [3.63, 3.8) is 0 Å². The molecule has 0 amide bonds. The fourth-order valence-corrected chi connectivity index (χ4v) is 0.994. The average Bonchev–Trinajstić information content (AvgIpc) is 2.14. The molecule has 1 aromatic carbocycles. The molecular formula is C11H16N2. The SMILES string of the molecule is CN(C)NCC=Cc1ccccc1. The second-order valence-corrected chi connectivity index (χ2v) is 3.07. The molecule has 0 saturated carbocycles. The summed E-state index contributed by atoms with van der Waals surface area (Å²) in [6.07, 6.45) is 4.21. The molecule has 0 atom stereocenters. The lowest BCUT2D eigenvalue weighted by atomic mass is 10.2. The molecule has 0 spiro atoms. The van der Waals surface area contributed by atoms with Gasteiger partial charge in [-0.1, -0.05) is 42.5 Å². The topological polar surface area (TPSA) is 15.3 Å². The van der Waals surface area contributed by atoms with Crippen LogP contribution in [-0.4, -0.2) is 25.6 Å². The molecule has 1 N–H and O–H groups in total. The molecule has 0 heterocycles. The van der Waals surface area contributed by atoms with Gasteiger partial charge in [0.25, 0.3) is 0 Å². The van der Waals surface area contributed by atoms with Crippen molar-refractivity contribution in [2.24, 2.45) is 0 Å². The summed E-state index contributed by atoms with van der Waals surface area (Å²) in [5.74, 6) is 0. The Kier molecular flexibility index (Phi) is 4.23. The van der Waals surface area contributed by atoms with Crippen molar-refractivity contribution >= 4 is 6.08 Å². The van der Waals surface area contributed by atoms with Crippen LogP contribution in [0.5, 0.6) is 0 Å². The molecule has 0 bridgehead atoms. The van der Waals surface area contributed by atoms with Gasteiger partial charge in [0, 0.05) is 20.6 Å². The van der Waals surface area contributed by atoms with Crippen LogP contribution in [0, 0.1) is 0 Å². The number of rotatable bonds is 4. The third kappa shape index (κ3) is 4.45. The van der Waals surface area contributed by atoms with E-state index in [0.717, 1.165) is 6.54 Å². The number of hydrazine groups is 1. The summed E-state index contributed by atoms with van der Waals surface area (Å²) in [5.41, 5.74) is 4.40. The van der Waals surface area contributed by atoms with Crippen LogP contribution in [0.25, 0.3) is 6.08 Å². The van der Waals surface area contributed by atoms with Crippen LogP contribution in [-0.2, 0) is 0 Å². The third-order valence-electron chi connectivity index (χ3n) is 1.64. The zero-order valence-corrected chi connectivity index (χ0v) is 8.20. The molecule has 2 heteroatoms. The van der Waals surface area contributed by atoms with Crippen LogP contribution in [0.3, 0.4) is 0 Å². The maximum absolute atomic E-state index is 3.16. The van der Waals surface area contributed by atoms with E-state index < -0.39 is 0 Å². The molecule has 0 saturated heterocycles. The molecular weight excluding hydrogens is 160 g/mol. The molecule has 0 fully saturated rings.